The number of nitrogens with one attached hydrogen (secondary N) is 1. The first-order chi connectivity index (χ1) is 11.8. The van der Waals surface area contributed by atoms with E-state index >= 15 is 0 Å². The normalized spacial score (nSPS) is 14.3. The van der Waals surface area contributed by atoms with Gasteiger partial charge in [0.1, 0.15) is 25.9 Å². The number of hydrogen-bond acceptors (Lipinski definition) is 4. The Morgan fingerprint density at radius 2 is 1.79 bits per heavy atom. The van der Waals surface area contributed by atoms with Crippen LogP contribution in [0.15, 0.2) is 61.3 Å². The molecule has 124 valence electrons. The predicted molar refractivity (Wildman–Crippen MR) is 94.3 cm³/mol. The standard InChI is InChI=1S/C19H21N3O2/c1-2-14-24-19(23)16-8-9-18(20-15-16)22-12-10-21(11-13-22)17-6-4-3-5-7-17/h2-9,15H,1,10-14H2/p+1. The van der Waals surface area contributed by atoms with Gasteiger partial charge in [0.15, 0.2) is 0 Å². The molecule has 1 aliphatic rings. The summed E-state index contributed by atoms with van der Waals surface area (Å²) in [6.07, 6.45) is 3.26. The number of carbonyl (C=O) groups is 1. The number of benzene rings is 1. The van der Waals surface area contributed by atoms with Crippen LogP contribution in [0.1, 0.15) is 10.4 Å². The van der Waals surface area contributed by atoms with E-state index in [0.717, 1.165) is 32.0 Å². The molecule has 5 heteroatoms. The lowest BCUT2D eigenvalue weighted by Crippen LogP contribution is -2.48. The van der Waals surface area contributed by atoms with Gasteiger partial charge in [-0.3, -0.25) is 4.90 Å². The molecule has 0 saturated carbocycles. The smallest absolute Gasteiger partial charge is 0.342 e. The minimum absolute atomic E-state index is 0.224. The zero-order valence-electron chi connectivity index (χ0n) is 13.6. The zero-order chi connectivity index (χ0) is 16.8. The summed E-state index contributed by atoms with van der Waals surface area (Å²) >= 11 is 0. The van der Waals surface area contributed by atoms with Crippen molar-refractivity contribution in [1.82, 2.24) is 0 Å². The van der Waals surface area contributed by atoms with E-state index in [4.69, 9.17) is 4.74 Å². The molecule has 0 atom stereocenters. The third-order valence-corrected chi connectivity index (χ3v) is 4.11. The third-order valence-electron chi connectivity index (χ3n) is 4.11. The topological polar surface area (TPSA) is 46.9 Å². The van der Waals surface area contributed by atoms with Crippen LogP contribution in [0.25, 0.3) is 0 Å². The number of esters is 1. The highest BCUT2D eigenvalue weighted by molar-refractivity contribution is 5.88. The Labute approximate surface area is 142 Å². The zero-order valence-corrected chi connectivity index (χ0v) is 13.6. The Morgan fingerprint density at radius 3 is 2.42 bits per heavy atom. The first-order valence-corrected chi connectivity index (χ1v) is 8.12. The Hall–Kier alpha value is -2.82. The average molecular weight is 324 g/mol. The van der Waals surface area contributed by atoms with Gasteiger partial charge in [-0.15, -0.1) is 0 Å². The molecule has 1 aromatic heterocycles. The number of aromatic amines is 1. The molecule has 0 spiro atoms. The van der Waals surface area contributed by atoms with Crippen molar-refractivity contribution in [1.29, 1.82) is 0 Å². The highest BCUT2D eigenvalue weighted by atomic mass is 16.5. The van der Waals surface area contributed by atoms with Crippen LogP contribution in [-0.2, 0) is 4.74 Å². The molecule has 0 radical (unpaired) electrons. The fourth-order valence-corrected chi connectivity index (χ4v) is 2.80. The maximum absolute atomic E-state index is 11.8. The molecule has 0 aliphatic carbocycles. The lowest BCUT2D eigenvalue weighted by atomic mass is 10.2. The van der Waals surface area contributed by atoms with Crippen molar-refractivity contribution < 1.29 is 14.5 Å². The molecule has 1 N–H and O–H groups in total. The van der Waals surface area contributed by atoms with E-state index < -0.39 is 0 Å². The van der Waals surface area contributed by atoms with Crippen molar-refractivity contribution in [2.45, 2.75) is 0 Å². The number of ether oxygens (including phenoxy) is 1. The highest BCUT2D eigenvalue weighted by Gasteiger charge is 2.23. The Bertz CT molecular complexity index is 678. The number of anilines is 2. The van der Waals surface area contributed by atoms with Crippen LogP contribution >= 0.6 is 0 Å². The van der Waals surface area contributed by atoms with Gasteiger partial charge in [-0.05, 0) is 18.2 Å². The summed E-state index contributed by atoms with van der Waals surface area (Å²) in [5, 5.41) is 0. The molecular weight excluding hydrogens is 302 g/mol. The van der Waals surface area contributed by atoms with E-state index in [1.54, 1.807) is 18.3 Å². The Balaban J connectivity index is 1.58. The fraction of sp³-hybridized carbons (Fsp3) is 0.263. The van der Waals surface area contributed by atoms with E-state index in [1.807, 2.05) is 12.1 Å². The number of piperazine rings is 1. The Kier molecular flexibility index (Phi) is 5.11. The molecule has 24 heavy (non-hydrogen) atoms. The quantitative estimate of drug-likeness (QED) is 0.625. The first-order valence-electron chi connectivity index (χ1n) is 8.12. The molecule has 2 aromatic rings. The van der Waals surface area contributed by atoms with Gasteiger partial charge in [-0.1, -0.05) is 30.9 Å². The van der Waals surface area contributed by atoms with Crippen molar-refractivity contribution in [3.63, 3.8) is 0 Å². The Morgan fingerprint density at radius 1 is 1.08 bits per heavy atom. The van der Waals surface area contributed by atoms with Gasteiger partial charge in [0.2, 0.25) is 0 Å². The largest absolute Gasteiger partial charge is 0.458 e. The summed E-state index contributed by atoms with van der Waals surface area (Å²) in [5.41, 5.74) is 1.78. The third kappa shape index (κ3) is 3.74. The molecule has 0 amide bonds. The van der Waals surface area contributed by atoms with Crippen LogP contribution in [0.2, 0.25) is 0 Å². The SMILES string of the molecule is C=CCOC(=O)c1ccc(N2CCN(c3ccccc3)CC2)[nH+]c1. The molecule has 2 heterocycles. The van der Waals surface area contributed by atoms with Gasteiger partial charge in [-0.2, -0.15) is 0 Å². The van der Waals surface area contributed by atoms with E-state index in [0.29, 0.717) is 5.56 Å². The summed E-state index contributed by atoms with van der Waals surface area (Å²) in [5.74, 6) is 0.676. The molecule has 5 nitrogen and oxygen atoms in total. The van der Waals surface area contributed by atoms with Gasteiger partial charge in [0.25, 0.3) is 5.82 Å². The van der Waals surface area contributed by atoms with Crippen molar-refractivity contribution in [2.24, 2.45) is 0 Å². The lowest BCUT2D eigenvalue weighted by molar-refractivity contribution is -0.364. The van der Waals surface area contributed by atoms with E-state index in [2.05, 4.69) is 45.6 Å². The van der Waals surface area contributed by atoms with Gasteiger partial charge in [-0.25, -0.2) is 9.78 Å². The molecule has 0 bridgehead atoms. The van der Waals surface area contributed by atoms with Crippen LogP contribution in [0.3, 0.4) is 0 Å². The van der Waals surface area contributed by atoms with Crippen molar-refractivity contribution in [3.05, 3.63) is 66.9 Å². The number of rotatable bonds is 5. The number of nitrogens with zero attached hydrogens (tertiary/aromatic N) is 2. The van der Waals surface area contributed by atoms with Gasteiger partial charge < -0.3 is 9.64 Å². The van der Waals surface area contributed by atoms with Gasteiger partial charge in [0, 0.05) is 11.8 Å². The summed E-state index contributed by atoms with van der Waals surface area (Å²) < 4.78 is 5.03. The minimum Gasteiger partial charge on any atom is -0.458 e. The molecule has 3 rings (SSSR count). The number of para-hydroxylation sites is 1. The number of carbonyl (C=O) groups excluding carboxylic acids is 1. The van der Waals surface area contributed by atoms with Crippen LogP contribution in [0.5, 0.6) is 0 Å². The van der Waals surface area contributed by atoms with Crippen LogP contribution in [0.4, 0.5) is 11.5 Å². The highest BCUT2D eigenvalue weighted by Crippen LogP contribution is 2.17. The molecule has 1 saturated heterocycles. The second-order valence-corrected chi connectivity index (χ2v) is 5.66. The summed E-state index contributed by atoms with van der Waals surface area (Å²) in [6.45, 7) is 7.58. The van der Waals surface area contributed by atoms with E-state index in [-0.39, 0.29) is 12.6 Å². The summed E-state index contributed by atoms with van der Waals surface area (Å²) in [7, 11) is 0. The number of hydrogen-bond donors (Lipinski definition) is 0. The first kappa shape index (κ1) is 16.1. The maximum Gasteiger partial charge on any atom is 0.342 e. The van der Waals surface area contributed by atoms with E-state index in [1.165, 1.54) is 5.69 Å². The molecule has 0 unspecified atom stereocenters. The average Bonchev–Trinajstić information content (AvgIpc) is 2.67. The van der Waals surface area contributed by atoms with Crippen molar-refractivity contribution >= 4 is 17.5 Å². The number of aromatic nitrogens is 1. The molecule has 1 aromatic carbocycles. The van der Waals surface area contributed by atoms with Gasteiger partial charge in [0.05, 0.1) is 18.7 Å². The van der Waals surface area contributed by atoms with Crippen LogP contribution < -0.4 is 14.8 Å². The minimum atomic E-state index is -0.341. The van der Waals surface area contributed by atoms with Crippen LogP contribution in [-0.4, -0.2) is 38.8 Å². The van der Waals surface area contributed by atoms with Crippen molar-refractivity contribution in [3.8, 4) is 0 Å². The van der Waals surface area contributed by atoms with Gasteiger partial charge >= 0.3 is 5.97 Å². The lowest BCUT2D eigenvalue weighted by Gasteiger charge is -2.32. The molecule has 1 fully saturated rings. The fourth-order valence-electron chi connectivity index (χ4n) is 2.80. The van der Waals surface area contributed by atoms with E-state index in [9.17, 15) is 4.79 Å². The summed E-state index contributed by atoms with van der Waals surface area (Å²) in [4.78, 5) is 19.7. The summed E-state index contributed by atoms with van der Waals surface area (Å²) in [6, 6.07) is 14.2. The molecule has 1 aliphatic heterocycles. The predicted octanol–water partition coefficient (Wildman–Crippen LogP) is 2.17. The second kappa shape index (κ2) is 7.64. The number of H-pyrrole nitrogens is 1. The van der Waals surface area contributed by atoms with Crippen molar-refractivity contribution in [2.75, 3.05) is 42.6 Å². The molecular formula is C19H22N3O2+. The van der Waals surface area contributed by atoms with Crippen LogP contribution in [0, 0.1) is 0 Å². The maximum atomic E-state index is 11.8. The number of pyridine rings is 1. The second-order valence-electron chi connectivity index (χ2n) is 5.66. The monoisotopic (exact) mass is 324 g/mol.